The van der Waals surface area contributed by atoms with E-state index in [-0.39, 0.29) is 12.1 Å². The second kappa shape index (κ2) is 5.86. The molecule has 0 amide bonds. The Kier molecular flexibility index (Phi) is 6.01. The van der Waals surface area contributed by atoms with E-state index >= 15 is 0 Å². The average molecular weight is 177 g/mol. The molecule has 1 unspecified atom stereocenters. The molecule has 68 valence electrons. The lowest BCUT2D eigenvalue weighted by Crippen LogP contribution is -2.42. The second-order valence-corrected chi connectivity index (χ2v) is 3.96. The van der Waals surface area contributed by atoms with E-state index in [1.807, 2.05) is 18.7 Å². The molecule has 0 bridgehead atoms. The summed E-state index contributed by atoms with van der Waals surface area (Å²) < 4.78 is 0. The maximum atomic E-state index is 8.95. The SMILES string of the molecule is CCC(N)(CO)CCCSC. The van der Waals surface area contributed by atoms with Gasteiger partial charge < -0.3 is 10.8 Å². The third-order valence-corrected chi connectivity index (χ3v) is 2.74. The Labute approximate surface area is 73.6 Å². The monoisotopic (exact) mass is 177 g/mol. The molecule has 1 atom stereocenters. The van der Waals surface area contributed by atoms with Gasteiger partial charge in [-0.15, -0.1) is 0 Å². The predicted octanol–water partition coefficient (Wildman–Crippen LogP) is 1.23. The molecule has 0 aliphatic rings. The van der Waals surface area contributed by atoms with Crippen molar-refractivity contribution in [3.8, 4) is 0 Å². The highest BCUT2D eigenvalue weighted by Gasteiger charge is 2.20. The first-order valence-electron chi connectivity index (χ1n) is 4.07. The van der Waals surface area contributed by atoms with Crippen LogP contribution in [-0.2, 0) is 0 Å². The molecule has 0 saturated heterocycles. The minimum absolute atomic E-state index is 0.109. The van der Waals surface area contributed by atoms with Crippen molar-refractivity contribution in [2.45, 2.75) is 31.7 Å². The van der Waals surface area contributed by atoms with Gasteiger partial charge in [-0.2, -0.15) is 11.8 Å². The van der Waals surface area contributed by atoms with Crippen LogP contribution in [0.5, 0.6) is 0 Å². The van der Waals surface area contributed by atoms with Gasteiger partial charge in [0.2, 0.25) is 0 Å². The fraction of sp³-hybridized carbons (Fsp3) is 1.00. The first-order valence-corrected chi connectivity index (χ1v) is 5.46. The van der Waals surface area contributed by atoms with Crippen molar-refractivity contribution in [3.63, 3.8) is 0 Å². The van der Waals surface area contributed by atoms with Gasteiger partial charge in [-0.1, -0.05) is 6.92 Å². The van der Waals surface area contributed by atoms with Gasteiger partial charge in [0.1, 0.15) is 0 Å². The highest BCUT2D eigenvalue weighted by Crippen LogP contribution is 2.14. The number of hydrogen-bond acceptors (Lipinski definition) is 3. The lowest BCUT2D eigenvalue weighted by Gasteiger charge is -2.25. The summed E-state index contributed by atoms with van der Waals surface area (Å²) in [5.74, 6) is 1.14. The summed E-state index contributed by atoms with van der Waals surface area (Å²) >= 11 is 1.83. The Morgan fingerprint density at radius 3 is 2.55 bits per heavy atom. The van der Waals surface area contributed by atoms with E-state index in [0.29, 0.717) is 0 Å². The number of thioether (sulfide) groups is 1. The smallest absolute Gasteiger partial charge is 0.0611 e. The van der Waals surface area contributed by atoms with Gasteiger partial charge in [-0.3, -0.25) is 0 Å². The molecule has 0 aromatic heterocycles. The molecule has 0 aliphatic carbocycles. The van der Waals surface area contributed by atoms with Crippen LogP contribution in [0.1, 0.15) is 26.2 Å². The summed E-state index contributed by atoms with van der Waals surface area (Å²) in [5, 5.41) is 8.95. The number of rotatable bonds is 6. The molecule has 0 fully saturated rings. The van der Waals surface area contributed by atoms with Crippen LogP contribution in [0.15, 0.2) is 0 Å². The topological polar surface area (TPSA) is 46.2 Å². The van der Waals surface area contributed by atoms with E-state index in [0.717, 1.165) is 25.0 Å². The van der Waals surface area contributed by atoms with E-state index in [1.54, 1.807) is 0 Å². The third kappa shape index (κ3) is 4.67. The second-order valence-electron chi connectivity index (χ2n) is 2.97. The summed E-state index contributed by atoms with van der Waals surface area (Å²) in [6.45, 7) is 2.13. The molecule has 0 radical (unpaired) electrons. The molecule has 0 aliphatic heterocycles. The lowest BCUT2D eigenvalue weighted by atomic mass is 9.93. The van der Waals surface area contributed by atoms with Crippen LogP contribution >= 0.6 is 11.8 Å². The summed E-state index contributed by atoms with van der Waals surface area (Å²) in [4.78, 5) is 0. The van der Waals surface area contributed by atoms with Crippen molar-refractivity contribution >= 4 is 11.8 Å². The standard InChI is InChI=1S/C8H19NOS/c1-3-8(9,7-10)5-4-6-11-2/h10H,3-7,9H2,1-2H3. The number of nitrogens with two attached hydrogens (primary N) is 1. The van der Waals surface area contributed by atoms with Crippen LogP contribution in [0.25, 0.3) is 0 Å². The van der Waals surface area contributed by atoms with E-state index in [9.17, 15) is 0 Å². The zero-order valence-electron chi connectivity index (χ0n) is 7.47. The number of aliphatic hydroxyl groups excluding tert-OH is 1. The van der Waals surface area contributed by atoms with E-state index in [2.05, 4.69) is 6.26 Å². The largest absolute Gasteiger partial charge is 0.394 e. The van der Waals surface area contributed by atoms with Gasteiger partial charge in [0.25, 0.3) is 0 Å². The summed E-state index contributed by atoms with van der Waals surface area (Å²) in [6.07, 6.45) is 4.98. The third-order valence-electron chi connectivity index (χ3n) is 2.04. The predicted molar refractivity (Wildman–Crippen MR) is 51.9 cm³/mol. The van der Waals surface area contributed by atoms with E-state index in [1.165, 1.54) is 0 Å². The number of aliphatic hydroxyl groups is 1. The quantitative estimate of drug-likeness (QED) is 0.600. The Morgan fingerprint density at radius 2 is 2.18 bits per heavy atom. The van der Waals surface area contributed by atoms with Gasteiger partial charge in [-0.25, -0.2) is 0 Å². The van der Waals surface area contributed by atoms with Crippen LogP contribution in [0.4, 0.5) is 0 Å². The Morgan fingerprint density at radius 1 is 1.55 bits per heavy atom. The van der Waals surface area contributed by atoms with Crippen LogP contribution in [0.2, 0.25) is 0 Å². The molecular weight excluding hydrogens is 158 g/mol. The molecule has 11 heavy (non-hydrogen) atoms. The highest BCUT2D eigenvalue weighted by atomic mass is 32.2. The van der Waals surface area contributed by atoms with Crippen molar-refractivity contribution in [3.05, 3.63) is 0 Å². The minimum atomic E-state index is -0.324. The fourth-order valence-electron chi connectivity index (χ4n) is 0.936. The molecule has 0 saturated carbocycles. The molecule has 0 aromatic rings. The van der Waals surface area contributed by atoms with Crippen molar-refractivity contribution in [1.82, 2.24) is 0 Å². The zero-order valence-corrected chi connectivity index (χ0v) is 8.28. The van der Waals surface area contributed by atoms with Crippen LogP contribution in [0, 0.1) is 0 Å². The summed E-state index contributed by atoms with van der Waals surface area (Å²) in [6, 6.07) is 0. The molecule has 3 N–H and O–H groups in total. The van der Waals surface area contributed by atoms with Gasteiger partial charge in [0.05, 0.1) is 6.61 Å². The molecule has 0 spiro atoms. The number of hydrogen-bond donors (Lipinski definition) is 2. The van der Waals surface area contributed by atoms with Gasteiger partial charge in [0.15, 0.2) is 0 Å². The first-order chi connectivity index (χ1) is 5.18. The van der Waals surface area contributed by atoms with Crippen LogP contribution < -0.4 is 5.73 Å². The van der Waals surface area contributed by atoms with Gasteiger partial charge in [0, 0.05) is 5.54 Å². The van der Waals surface area contributed by atoms with Crippen molar-refractivity contribution in [1.29, 1.82) is 0 Å². The Bertz CT molecular complexity index is 94.1. The van der Waals surface area contributed by atoms with Crippen LogP contribution in [-0.4, -0.2) is 29.3 Å². The van der Waals surface area contributed by atoms with Crippen LogP contribution in [0.3, 0.4) is 0 Å². The van der Waals surface area contributed by atoms with Gasteiger partial charge >= 0.3 is 0 Å². The van der Waals surface area contributed by atoms with E-state index in [4.69, 9.17) is 10.8 Å². The zero-order chi connectivity index (χ0) is 8.74. The fourth-order valence-corrected chi connectivity index (χ4v) is 1.37. The maximum Gasteiger partial charge on any atom is 0.0611 e. The molecule has 2 nitrogen and oxygen atoms in total. The normalized spacial score (nSPS) is 16.4. The molecule has 0 aromatic carbocycles. The molecule has 0 rings (SSSR count). The Balaban J connectivity index is 3.51. The summed E-state index contributed by atoms with van der Waals surface area (Å²) in [5.41, 5.74) is 5.55. The first kappa shape index (κ1) is 11.3. The highest BCUT2D eigenvalue weighted by molar-refractivity contribution is 7.98. The van der Waals surface area contributed by atoms with Gasteiger partial charge in [-0.05, 0) is 31.3 Å². The van der Waals surface area contributed by atoms with E-state index < -0.39 is 0 Å². The lowest BCUT2D eigenvalue weighted by molar-refractivity contribution is 0.182. The van der Waals surface area contributed by atoms with Crippen molar-refractivity contribution in [2.24, 2.45) is 5.73 Å². The molecular formula is C8H19NOS. The Hall–Kier alpha value is 0.270. The maximum absolute atomic E-state index is 8.95. The summed E-state index contributed by atoms with van der Waals surface area (Å²) in [7, 11) is 0. The minimum Gasteiger partial charge on any atom is -0.394 e. The average Bonchev–Trinajstić information content (AvgIpc) is 2.05. The molecule has 0 heterocycles. The molecule has 3 heteroatoms. The van der Waals surface area contributed by atoms with Crippen molar-refractivity contribution < 1.29 is 5.11 Å². The van der Waals surface area contributed by atoms with Crippen molar-refractivity contribution in [2.75, 3.05) is 18.6 Å².